The Morgan fingerprint density at radius 1 is 1.50 bits per heavy atom. The van der Waals surface area contributed by atoms with E-state index in [0.29, 0.717) is 5.56 Å². The summed E-state index contributed by atoms with van der Waals surface area (Å²) in [5.41, 5.74) is 0.353. The average Bonchev–Trinajstić information content (AvgIpc) is 2.01. The minimum atomic E-state index is -1.29. The number of hydrogen-bond acceptors (Lipinski definition) is 2. The summed E-state index contributed by atoms with van der Waals surface area (Å²) in [5.74, 6) is -1.00. The molecule has 1 aromatic carbocycles. The van der Waals surface area contributed by atoms with E-state index in [9.17, 15) is 9.90 Å². The number of carbonyl (C=O) groups is 1. The standard InChI is InChI=1S/C11H14O3/c1-8-4-3-5-9(6-8)11(2,14)7-10(12)13/h3-6,14H,7H2,1-2H3,(H,12,13). The van der Waals surface area contributed by atoms with Gasteiger partial charge in [0, 0.05) is 0 Å². The molecule has 0 fully saturated rings. The zero-order valence-electron chi connectivity index (χ0n) is 8.32. The van der Waals surface area contributed by atoms with Crippen molar-refractivity contribution in [3.63, 3.8) is 0 Å². The maximum atomic E-state index is 10.5. The third-order valence-corrected chi connectivity index (χ3v) is 2.14. The van der Waals surface area contributed by atoms with Gasteiger partial charge >= 0.3 is 5.97 Å². The molecule has 1 rings (SSSR count). The molecule has 0 aromatic heterocycles. The molecule has 2 N–H and O–H groups in total. The second kappa shape index (κ2) is 3.80. The Morgan fingerprint density at radius 3 is 2.64 bits per heavy atom. The molecule has 0 radical (unpaired) electrons. The van der Waals surface area contributed by atoms with Crippen LogP contribution in [0.15, 0.2) is 24.3 Å². The smallest absolute Gasteiger partial charge is 0.306 e. The number of aryl methyl sites for hydroxylation is 1. The van der Waals surface area contributed by atoms with Gasteiger partial charge in [0.05, 0.1) is 12.0 Å². The van der Waals surface area contributed by atoms with Crippen molar-refractivity contribution in [3.05, 3.63) is 35.4 Å². The lowest BCUT2D eigenvalue weighted by atomic mass is 9.92. The van der Waals surface area contributed by atoms with Gasteiger partial charge in [-0.2, -0.15) is 0 Å². The van der Waals surface area contributed by atoms with Crippen LogP contribution in [0.1, 0.15) is 24.5 Å². The summed E-state index contributed by atoms with van der Waals surface area (Å²) in [5, 5.41) is 18.5. The van der Waals surface area contributed by atoms with Gasteiger partial charge < -0.3 is 10.2 Å². The van der Waals surface area contributed by atoms with Crippen LogP contribution >= 0.6 is 0 Å². The highest BCUT2D eigenvalue weighted by Gasteiger charge is 2.26. The summed E-state index contributed by atoms with van der Waals surface area (Å²) < 4.78 is 0. The minimum Gasteiger partial charge on any atom is -0.481 e. The van der Waals surface area contributed by atoms with Crippen LogP contribution in [0.2, 0.25) is 0 Å². The average molecular weight is 194 g/mol. The summed E-state index contributed by atoms with van der Waals surface area (Å²) in [6.07, 6.45) is -0.281. The maximum absolute atomic E-state index is 10.5. The van der Waals surface area contributed by atoms with Crippen LogP contribution < -0.4 is 0 Å². The summed E-state index contributed by atoms with van der Waals surface area (Å²) in [6.45, 7) is 3.41. The molecule has 14 heavy (non-hydrogen) atoms. The molecule has 0 heterocycles. The first-order chi connectivity index (χ1) is 6.42. The number of hydrogen-bond donors (Lipinski definition) is 2. The Labute approximate surface area is 83.0 Å². The van der Waals surface area contributed by atoms with E-state index < -0.39 is 11.6 Å². The van der Waals surface area contributed by atoms with Crippen LogP contribution in [0, 0.1) is 6.92 Å². The second-order valence-electron chi connectivity index (χ2n) is 3.71. The molecule has 1 atom stereocenters. The molecule has 0 saturated heterocycles. The van der Waals surface area contributed by atoms with Crippen LogP contribution in [0.3, 0.4) is 0 Å². The number of carboxylic acid groups (broad SMARTS) is 1. The van der Waals surface area contributed by atoms with Crippen molar-refractivity contribution in [2.75, 3.05) is 0 Å². The number of benzene rings is 1. The first kappa shape index (κ1) is 10.7. The molecule has 0 aliphatic rings. The van der Waals surface area contributed by atoms with E-state index in [4.69, 9.17) is 5.11 Å². The van der Waals surface area contributed by atoms with E-state index in [1.807, 2.05) is 13.0 Å². The second-order valence-corrected chi connectivity index (χ2v) is 3.71. The third-order valence-electron chi connectivity index (χ3n) is 2.14. The largest absolute Gasteiger partial charge is 0.481 e. The molecule has 1 aromatic rings. The van der Waals surface area contributed by atoms with E-state index >= 15 is 0 Å². The molecule has 0 spiro atoms. The zero-order valence-corrected chi connectivity index (χ0v) is 8.32. The van der Waals surface area contributed by atoms with Gasteiger partial charge in [-0.1, -0.05) is 29.8 Å². The number of carboxylic acids is 1. The molecule has 1 unspecified atom stereocenters. The molecule has 3 heteroatoms. The quantitative estimate of drug-likeness (QED) is 0.769. The maximum Gasteiger partial charge on any atom is 0.306 e. The van der Waals surface area contributed by atoms with Crippen LogP contribution in [0.4, 0.5) is 0 Å². The molecule has 0 aliphatic carbocycles. The number of aliphatic carboxylic acids is 1. The first-order valence-electron chi connectivity index (χ1n) is 4.43. The molecule has 0 aliphatic heterocycles. The predicted molar refractivity (Wildman–Crippen MR) is 53.0 cm³/mol. The van der Waals surface area contributed by atoms with E-state index in [-0.39, 0.29) is 6.42 Å². The number of aliphatic hydroxyl groups is 1. The van der Waals surface area contributed by atoms with E-state index in [1.165, 1.54) is 6.92 Å². The van der Waals surface area contributed by atoms with Gasteiger partial charge in [-0.25, -0.2) is 0 Å². The van der Waals surface area contributed by atoms with Gasteiger partial charge in [0.25, 0.3) is 0 Å². The summed E-state index contributed by atoms with van der Waals surface area (Å²) in [6, 6.07) is 7.24. The summed E-state index contributed by atoms with van der Waals surface area (Å²) in [4.78, 5) is 10.5. The molecular weight excluding hydrogens is 180 g/mol. The molecule has 0 amide bonds. The fraction of sp³-hybridized carbons (Fsp3) is 0.364. The zero-order chi connectivity index (χ0) is 10.8. The van der Waals surface area contributed by atoms with Gasteiger partial charge in [-0.15, -0.1) is 0 Å². The predicted octanol–water partition coefficient (Wildman–Crippen LogP) is 1.68. The van der Waals surface area contributed by atoms with Crippen molar-refractivity contribution < 1.29 is 15.0 Å². The normalized spacial score (nSPS) is 14.8. The van der Waals surface area contributed by atoms with E-state index in [1.54, 1.807) is 18.2 Å². The van der Waals surface area contributed by atoms with E-state index in [0.717, 1.165) is 5.56 Å². The van der Waals surface area contributed by atoms with Gasteiger partial charge in [-0.3, -0.25) is 4.79 Å². The van der Waals surface area contributed by atoms with Gasteiger partial charge in [-0.05, 0) is 19.4 Å². The Bertz CT molecular complexity index is 342. The fourth-order valence-corrected chi connectivity index (χ4v) is 1.38. The molecule has 3 nitrogen and oxygen atoms in total. The highest BCUT2D eigenvalue weighted by Crippen LogP contribution is 2.24. The van der Waals surface area contributed by atoms with Crippen molar-refractivity contribution in [3.8, 4) is 0 Å². The Balaban J connectivity index is 2.97. The van der Waals surface area contributed by atoms with Crippen LogP contribution in [0.25, 0.3) is 0 Å². The third kappa shape index (κ3) is 2.57. The minimum absolute atomic E-state index is 0.281. The monoisotopic (exact) mass is 194 g/mol. The van der Waals surface area contributed by atoms with Gasteiger partial charge in [0.2, 0.25) is 0 Å². The Morgan fingerprint density at radius 2 is 2.14 bits per heavy atom. The Hall–Kier alpha value is -1.35. The molecule has 76 valence electrons. The molecule has 0 saturated carbocycles. The summed E-state index contributed by atoms with van der Waals surface area (Å²) in [7, 11) is 0. The molecular formula is C11H14O3. The lowest BCUT2D eigenvalue weighted by Gasteiger charge is -2.21. The first-order valence-corrected chi connectivity index (χ1v) is 4.43. The SMILES string of the molecule is Cc1cccc(C(C)(O)CC(=O)O)c1. The van der Waals surface area contributed by atoms with Crippen molar-refractivity contribution >= 4 is 5.97 Å². The highest BCUT2D eigenvalue weighted by atomic mass is 16.4. The van der Waals surface area contributed by atoms with Gasteiger partial charge in [0.1, 0.15) is 0 Å². The lowest BCUT2D eigenvalue weighted by Crippen LogP contribution is -2.25. The van der Waals surface area contributed by atoms with Crippen LogP contribution in [0.5, 0.6) is 0 Å². The highest BCUT2D eigenvalue weighted by molar-refractivity contribution is 5.68. The topological polar surface area (TPSA) is 57.5 Å². The lowest BCUT2D eigenvalue weighted by molar-refractivity contribution is -0.142. The van der Waals surface area contributed by atoms with Crippen molar-refractivity contribution in [2.24, 2.45) is 0 Å². The summed E-state index contributed by atoms with van der Waals surface area (Å²) >= 11 is 0. The van der Waals surface area contributed by atoms with Crippen LogP contribution in [-0.4, -0.2) is 16.2 Å². The van der Waals surface area contributed by atoms with Crippen molar-refractivity contribution in [1.29, 1.82) is 0 Å². The van der Waals surface area contributed by atoms with Crippen molar-refractivity contribution in [1.82, 2.24) is 0 Å². The fourth-order valence-electron chi connectivity index (χ4n) is 1.38. The molecule has 0 bridgehead atoms. The van der Waals surface area contributed by atoms with Crippen LogP contribution in [-0.2, 0) is 10.4 Å². The van der Waals surface area contributed by atoms with Gasteiger partial charge in [0.15, 0.2) is 0 Å². The number of rotatable bonds is 3. The van der Waals surface area contributed by atoms with E-state index in [2.05, 4.69) is 0 Å². The van der Waals surface area contributed by atoms with Crippen molar-refractivity contribution in [2.45, 2.75) is 25.9 Å². The Kier molecular flexibility index (Phi) is 2.91.